The zero-order valence-electron chi connectivity index (χ0n) is 24.2. The summed E-state index contributed by atoms with van der Waals surface area (Å²) in [6, 6.07) is 17.2. The number of halogens is 1. The molecule has 1 aromatic heterocycles. The number of rotatable bonds is 7. The molecule has 218 valence electrons. The van der Waals surface area contributed by atoms with Gasteiger partial charge >= 0.3 is 5.97 Å². The minimum absolute atomic E-state index is 0.183. The molecule has 0 amide bonds. The molecular formula is C34H43FN4O2. The van der Waals surface area contributed by atoms with Gasteiger partial charge in [-0.3, -0.25) is 9.69 Å². The maximum atomic E-state index is 14.4. The molecular weight excluding hydrogens is 515 g/mol. The van der Waals surface area contributed by atoms with Crippen LogP contribution < -0.4 is 0 Å². The van der Waals surface area contributed by atoms with E-state index in [2.05, 4.69) is 51.6 Å². The van der Waals surface area contributed by atoms with Crippen molar-refractivity contribution < 1.29 is 14.3 Å². The molecule has 3 aromatic rings. The highest BCUT2D eigenvalue weighted by Gasteiger charge is 2.47. The first-order valence-electron chi connectivity index (χ1n) is 15.8. The van der Waals surface area contributed by atoms with Crippen LogP contribution in [-0.4, -0.2) is 68.7 Å². The monoisotopic (exact) mass is 558 g/mol. The average Bonchev–Trinajstić information content (AvgIpc) is 3.58. The van der Waals surface area contributed by atoms with Gasteiger partial charge in [-0.25, -0.2) is 9.37 Å². The molecule has 0 unspecified atom stereocenters. The second kappa shape index (κ2) is 10.8. The molecule has 6 nitrogen and oxygen atoms in total. The highest BCUT2D eigenvalue weighted by Crippen LogP contribution is 2.45. The van der Waals surface area contributed by atoms with Gasteiger partial charge in [0.1, 0.15) is 11.6 Å². The molecule has 1 aliphatic carbocycles. The number of aryl methyl sites for hydroxylation is 1. The zero-order valence-corrected chi connectivity index (χ0v) is 24.2. The second-order valence-electron chi connectivity index (χ2n) is 13.5. The van der Waals surface area contributed by atoms with Crippen LogP contribution in [0, 0.1) is 24.1 Å². The number of benzene rings is 2. The summed E-state index contributed by atoms with van der Waals surface area (Å²) in [6.07, 6.45) is 9.43. The van der Waals surface area contributed by atoms with Crippen molar-refractivity contribution in [1.82, 2.24) is 19.4 Å². The molecule has 7 rings (SSSR count). The summed E-state index contributed by atoms with van der Waals surface area (Å²) in [5, 5.41) is 10.3. The predicted molar refractivity (Wildman–Crippen MR) is 158 cm³/mol. The predicted octanol–water partition coefficient (Wildman–Crippen LogP) is 6.40. The normalized spacial score (nSPS) is 30.2. The van der Waals surface area contributed by atoms with Crippen LogP contribution in [0.1, 0.15) is 81.1 Å². The number of piperidine rings is 1. The van der Waals surface area contributed by atoms with Crippen molar-refractivity contribution in [1.29, 1.82) is 0 Å². The van der Waals surface area contributed by atoms with Crippen molar-refractivity contribution >= 4 is 17.0 Å². The van der Waals surface area contributed by atoms with E-state index in [1.807, 2.05) is 6.07 Å². The van der Waals surface area contributed by atoms with Gasteiger partial charge in [0.2, 0.25) is 0 Å². The number of carboxylic acid groups (broad SMARTS) is 1. The summed E-state index contributed by atoms with van der Waals surface area (Å²) >= 11 is 0. The lowest BCUT2D eigenvalue weighted by molar-refractivity contribution is -0.152. The van der Waals surface area contributed by atoms with Gasteiger partial charge in [-0.1, -0.05) is 43.5 Å². The number of aromatic nitrogens is 2. The first-order chi connectivity index (χ1) is 19.9. The summed E-state index contributed by atoms with van der Waals surface area (Å²) in [4.78, 5) is 22.5. The van der Waals surface area contributed by atoms with E-state index in [9.17, 15) is 14.3 Å². The number of imidazole rings is 1. The standard InChI is InChI=1S/C34H43FN4O2/c1-23-36-31-10-3-4-11-32(31)39(23)29-17-27-12-13-28(18-29)38(27)20-25-19-37(21-30(25)24-8-7-9-26(35)16-24)22-34(33(40)41)14-5-2-6-15-34/h3-4,7-11,16,25,27-30H,2,5-6,12-15,17-22H2,1H3,(H,40,41)/t25-,27-,28+,29+,30-/m1/s1. The van der Waals surface area contributed by atoms with Crippen molar-refractivity contribution in [2.75, 3.05) is 26.2 Å². The van der Waals surface area contributed by atoms with Gasteiger partial charge < -0.3 is 14.6 Å². The van der Waals surface area contributed by atoms with Gasteiger partial charge in [0.15, 0.2) is 0 Å². The van der Waals surface area contributed by atoms with Gasteiger partial charge in [-0.2, -0.15) is 0 Å². The number of carboxylic acids is 1. The summed E-state index contributed by atoms with van der Waals surface area (Å²) in [7, 11) is 0. The minimum atomic E-state index is -0.636. The largest absolute Gasteiger partial charge is 0.481 e. The van der Waals surface area contributed by atoms with Crippen molar-refractivity contribution in [3.05, 3.63) is 65.7 Å². The molecule has 1 saturated carbocycles. The van der Waals surface area contributed by atoms with Crippen LogP contribution in [0.25, 0.3) is 11.0 Å². The molecule has 0 spiro atoms. The third-order valence-corrected chi connectivity index (χ3v) is 11.0. The van der Waals surface area contributed by atoms with Gasteiger partial charge in [-0.15, -0.1) is 0 Å². The number of carbonyl (C=O) groups is 1. The van der Waals surface area contributed by atoms with Crippen LogP contribution in [0.15, 0.2) is 48.5 Å². The number of hydrogen-bond acceptors (Lipinski definition) is 4. The van der Waals surface area contributed by atoms with Crippen molar-refractivity contribution in [2.24, 2.45) is 11.3 Å². The third-order valence-electron chi connectivity index (χ3n) is 11.0. The number of para-hydroxylation sites is 2. The summed E-state index contributed by atoms with van der Waals surface area (Å²) in [5.41, 5.74) is 2.76. The third kappa shape index (κ3) is 4.99. The van der Waals surface area contributed by atoms with Crippen molar-refractivity contribution in [3.8, 4) is 0 Å². The molecule has 2 aromatic carbocycles. The van der Waals surface area contributed by atoms with Gasteiger partial charge in [0.25, 0.3) is 0 Å². The van der Waals surface area contributed by atoms with E-state index in [4.69, 9.17) is 4.98 Å². The molecule has 41 heavy (non-hydrogen) atoms. The Morgan fingerprint density at radius 3 is 2.49 bits per heavy atom. The van der Waals surface area contributed by atoms with Crippen LogP contribution in [0.3, 0.4) is 0 Å². The van der Waals surface area contributed by atoms with Gasteiger partial charge in [0.05, 0.1) is 16.4 Å². The van der Waals surface area contributed by atoms with Crippen LogP contribution in [-0.2, 0) is 4.79 Å². The van der Waals surface area contributed by atoms with Crippen molar-refractivity contribution in [3.63, 3.8) is 0 Å². The first kappa shape index (κ1) is 27.1. The Labute approximate surface area is 242 Å². The topological polar surface area (TPSA) is 61.6 Å². The Kier molecular flexibility index (Phi) is 7.14. The lowest BCUT2D eigenvalue weighted by atomic mass is 9.73. The minimum Gasteiger partial charge on any atom is -0.481 e. The van der Waals surface area contributed by atoms with Crippen LogP contribution in [0.4, 0.5) is 4.39 Å². The number of aliphatic carboxylic acids is 1. The van der Waals surface area contributed by atoms with Crippen LogP contribution in [0.5, 0.6) is 0 Å². The Morgan fingerprint density at radius 1 is 1.00 bits per heavy atom. The smallest absolute Gasteiger partial charge is 0.310 e. The Hall–Kier alpha value is -2.77. The molecule has 1 N–H and O–H groups in total. The van der Waals surface area contributed by atoms with E-state index in [1.165, 1.54) is 24.4 Å². The highest BCUT2D eigenvalue weighted by atomic mass is 19.1. The fraction of sp³-hybridized carbons (Fsp3) is 0.588. The quantitative estimate of drug-likeness (QED) is 0.364. The molecule has 7 heteroatoms. The van der Waals surface area contributed by atoms with Gasteiger partial charge in [0, 0.05) is 50.2 Å². The molecule has 4 aliphatic rings. The molecule has 4 fully saturated rings. The maximum absolute atomic E-state index is 14.4. The number of fused-ring (bicyclic) bond motifs is 3. The van der Waals surface area contributed by atoms with Crippen LogP contribution in [0.2, 0.25) is 0 Å². The number of hydrogen-bond donors (Lipinski definition) is 1. The lowest BCUT2D eigenvalue weighted by Crippen LogP contribution is -2.47. The van der Waals surface area contributed by atoms with E-state index in [0.29, 0.717) is 30.6 Å². The summed E-state index contributed by atoms with van der Waals surface area (Å²) in [6.45, 7) is 5.47. The molecule has 5 atom stereocenters. The average molecular weight is 559 g/mol. The fourth-order valence-corrected chi connectivity index (χ4v) is 9.14. The number of nitrogens with zero attached hydrogens (tertiary/aromatic N) is 4. The van der Waals surface area contributed by atoms with E-state index >= 15 is 0 Å². The van der Waals surface area contributed by atoms with Crippen LogP contribution >= 0.6 is 0 Å². The molecule has 4 heterocycles. The summed E-state index contributed by atoms with van der Waals surface area (Å²) in [5.74, 6) is 0.874. The van der Waals surface area contributed by atoms with Crippen molar-refractivity contribution in [2.45, 2.75) is 88.8 Å². The van der Waals surface area contributed by atoms with E-state index in [0.717, 1.165) is 81.5 Å². The van der Waals surface area contributed by atoms with E-state index < -0.39 is 11.4 Å². The Balaban J connectivity index is 1.11. The molecule has 0 radical (unpaired) electrons. The Bertz CT molecular complexity index is 1400. The maximum Gasteiger partial charge on any atom is 0.310 e. The molecule has 3 aliphatic heterocycles. The summed E-state index contributed by atoms with van der Waals surface area (Å²) < 4.78 is 16.9. The molecule has 2 bridgehead atoms. The van der Waals surface area contributed by atoms with E-state index in [-0.39, 0.29) is 11.7 Å². The zero-order chi connectivity index (χ0) is 28.1. The first-order valence-corrected chi connectivity index (χ1v) is 15.8. The Morgan fingerprint density at radius 2 is 1.76 bits per heavy atom. The van der Waals surface area contributed by atoms with Gasteiger partial charge in [-0.05, 0) is 81.2 Å². The highest BCUT2D eigenvalue weighted by molar-refractivity contribution is 5.76. The lowest BCUT2D eigenvalue weighted by Gasteiger charge is -2.42. The fourth-order valence-electron chi connectivity index (χ4n) is 9.14. The molecule has 3 saturated heterocycles. The van der Waals surface area contributed by atoms with E-state index in [1.54, 1.807) is 6.07 Å². The SMILES string of the molecule is Cc1nc2ccccc2n1[C@H]1C[C@H]2CC[C@@H](C1)N2C[C@H]1CN(CC2(C(=O)O)CCCCC2)C[C@@H]1c1cccc(F)c1. The number of likely N-dealkylation sites (tertiary alicyclic amines) is 1. The second-order valence-corrected chi connectivity index (χ2v) is 13.5.